The van der Waals surface area contributed by atoms with Crippen LogP contribution in [0, 0.1) is 5.41 Å². The minimum atomic E-state index is -0.0181. The maximum Gasteiger partial charge on any atom is 0.224 e. The molecule has 1 unspecified atom stereocenters. The van der Waals surface area contributed by atoms with Gasteiger partial charge in [0.25, 0.3) is 0 Å². The Kier molecular flexibility index (Phi) is 3.13. The summed E-state index contributed by atoms with van der Waals surface area (Å²) in [5, 5.41) is 0. The molecule has 1 aliphatic heterocycles. The van der Waals surface area contributed by atoms with Crippen LogP contribution >= 0.6 is 0 Å². The summed E-state index contributed by atoms with van der Waals surface area (Å²) < 4.78 is 5.40. The molecular formula is C14H22N2O2. The Morgan fingerprint density at radius 3 is 2.50 bits per heavy atom. The molecule has 2 rings (SSSR count). The first kappa shape index (κ1) is 13.0. The van der Waals surface area contributed by atoms with Gasteiger partial charge in [0.05, 0.1) is 18.8 Å². The van der Waals surface area contributed by atoms with Gasteiger partial charge in [0.15, 0.2) is 0 Å². The number of methoxy groups -OCH3 is 1. The molecule has 1 saturated heterocycles. The highest BCUT2D eigenvalue weighted by molar-refractivity contribution is 5.82. The number of β-lactam (4-membered cyclic amide) rings is 1. The molecule has 1 atom stereocenters. The predicted octanol–water partition coefficient (Wildman–Crippen LogP) is 1.78. The van der Waals surface area contributed by atoms with Gasteiger partial charge in [-0.15, -0.1) is 0 Å². The third-order valence-electron chi connectivity index (χ3n) is 3.78. The van der Waals surface area contributed by atoms with Crippen LogP contribution in [0.15, 0.2) is 23.1 Å². The summed E-state index contributed by atoms with van der Waals surface area (Å²) in [6.45, 7) is 7.30. The average molecular weight is 250 g/mol. The first-order valence-electron chi connectivity index (χ1n) is 6.38. The van der Waals surface area contributed by atoms with Crippen molar-refractivity contribution in [2.75, 3.05) is 13.7 Å². The van der Waals surface area contributed by atoms with E-state index in [0.29, 0.717) is 12.1 Å². The van der Waals surface area contributed by atoms with E-state index in [1.807, 2.05) is 11.0 Å². The number of hydrogen-bond donors (Lipinski definition) is 1. The van der Waals surface area contributed by atoms with Crippen molar-refractivity contribution in [1.82, 2.24) is 4.90 Å². The second-order valence-electron chi connectivity index (χ2n) is 6.00. The second-order valence-corrected chi connectivity index (χ2v) is 6.00. The zero-order valence-electron chi connectivity index (χ0n) is 11.6. The van der Waals surface area contributed by atoms with Crippen molar-refractivity contribution >= 4 is 5.91 Å². The van der Waals surface area contributed by atoms with Gasteiger partial charge in [-0.25, -0.2) is 0 Å². The van der Waals surface area contributed by atoms with E-state index >= 15 is 0 Å². The summed E-state index contributed by atoms with van der Waals surface area (Å²) >= 11 is 0. The van der Waals surface area contributed by atoms with E-state index in [0.717, 1.165) is 18.7 Å². The van der Waals surface area contributed by atoms with E-state index in [2.05, 4.69) is 20.8 Å². The van der Waals surface area contributed by atoms with Crippen LogP contribution in [0.4, 0.5) is 0 Å². The van der Waals surface area contributed by atoms with Gasteiger partial charge in [-0.3, -0.25) is 4.79 Å². The number of nitrogens with zero attached hydrogens (tertiary/aromatic N) is 1. The molecule has 1 aliphatic carbocycles. The summed E-state index contributed by atoms with van der Waals surface area (Å²) in [7, 11) is 1.62. The van der Waals surface area contributed by atoms with E-state index in [1.54, 1.807) is 7.11 Å². The van der Waals surface area contributed by atoms with Crippen molar-refractivity contribution in [3.63, 3.8) is 0 Å². The van der Waals surface area contributed by atoms with Gasteiger partial charge in [-0.2, -0.15) is 0 Å². The molecule has 2 N–H and O–H groups in total. The van der Waals surface area contributed by atoms with Gasteiger partial charge in [0.1, 0.15) is 5.76 Å². The van der Waals surface area contributed by atoms with Gasteiger partial charge < -0.3 is 15.4 Å². The molecule has 1 fully saturated rings. The first-order valence-corrected chi connectivity index (χ1v) is 6.38. The fourth-order valence-corrected chi connectivity index (χ4v) is 2.50. The standard InChI is InChI=1S/C14H22N2O2/c1-14(2,3)9-7-10(15)13(18-4)11(8-9)16-6-5-12(16)17/h7,11H,5-6,8,15H2,1-4H3. The Hall–Kier alpha value is -1.45. The molecule has 0 bridgehead atoms. The Morgan fingerprint density at radius 1 is 1.44 bits per heavy atom. The molecule has 100 valence electrons. The molecule has 0 aromatic heterocycles. The number of nitrogens with two attached hydrogens (primary N) is 1. The lowest BCUT2D eigenvalue weighted by atomic mass is 9.78. The second kappa shape index (κ2) is 4.34. The van der Waals surface area contributed by atoms with E-state index in [9.17, 15) is 4.79 Å². The predicted molar refractivity (Wildman–Crippen MR) is 70.5 cm³/mol. The first-order chi connectivity index (χ1) is 8.34. The normalized spacial score (nSPS) is 24.9. The highest BCUT2D eigenvalue weighted by atomic mass is 16.5. The molecule has 0 radical (unpaired) electrons. The van der Waals surface area contributed by atoms with Crippen LogP contribution in [-0.4, -0.2) is 30.5 Å². The van der Waals surface area contributed by atoms with Crippen LogP contribution < -0.4 is 5.73 Å². The van der Waals surface area contributed by atoms with Crippen LogP contribution in [0.25, 0.3) is 0 Å². The number of likely N-dealkylation sites (tertiary alicyclic amines) is 1. The summed E-state index contributed by atoms with van der Waals surface area (Å²) in [5.41, 5.74) is 8.06. The lowest BCUT2D eigenvalue weighted by molar-refractivity contribution is -0.143. The van der Waals surface area contributed by atoms with Gasteiger partial charge >= 0.3 is 0 Å². The maximum atomic E-state index is 11.6. The zero-order chi connectivity index (χ0) is 13.5. The number of carbonyl (C=O) groups excluding carboxylic acids is 1. The smallest absolute Gasteiger partial charge is 0.224 e. The minimum Gasteiger partial charge on any atom is -0.497 e. The monoisotopic (exact) mass is 250 g/mol. The number of amides is 1. The van der Waals surface area contributed by atoms with Crippen molar-refractivity contribution in [3.05, 3.63) is 23.1 Å². The molecule has 1 amide bonds. The molecule has 0 aromatic carbocycles. The summed E-state index contributed by atoms with van der Waals surface area (Å²) in [4.78, 5) is 13.5. The lowest BCUT2D eigenvalue weighted by Gasteiger charge is -2.42. The molecule has 4 nitrogen and oxygen atoms in total. The van der Waals surface area contributed by atoms with Gasteiger partial charge in [0, 0.05) is 13.0 Å². The largest absolute Gasteiger partial charge is 0.497 e. The minimum absolute atomic E-state index is 0.0181. The summed E-state index contributed by atoms with van der Waals surface area (Å²) in [6, 6.07) is -0.0181. The van der Waals surface area contributed by atoms with Gasteiger partial charge in [-0.1, -0.05) is 26.3 Å². The number of ether oxygens (including phenoxy) is 1. The summed E-state index contributed by atoms with van der Waals surface area (Å²) in [6.07, 6.45) is 3.46. The molecule has 0 aromatic rings. The van der Waals surface area contributed by atoms with Gasteiger partial charge in [-0.05, 0) is 17.9 Å². The fourth-order valence-electron chi connectivity index (χ4n) is 2.50. The van der Waals surface area contributed by atoms with Crippen LogP contribution in [-0.2, 0) is 9.53 Å². The Labute approximate surface area is 108 Å². The van der Waals surface area contributed by atoms with Crippen LogP contribution in [0.1, 0.15) is 33.6 Å². The van der Waals surface area contributed by atoms with Crippen LogP contribution in [0.2, 0.25) is 0 Å². The van der Waals surface area contributed by atoms with E-state index < -0.39 is 0 Å². The van der Waals surface area contributed by atoms with Crippen molar-refractivity contribution in [3.8, 4) is 0 Å². The molecule has 18 heavy (non-hydrogen) atoms. The number of carbonyl (C=O) groups is 1. The van der Waals surface area contributed by atoms with Crippen molar-refractivity contribution in [2.24, 2.45) is 11.1 Å². The molecule has 0 saturated carbocycles. The zero-order valence-corrected chi connectivity index (χ0v) is 11.6. The molecule has 4 heteroatoms. The molecule has 1 heterocycles. The highest BCUT2D eigenvalue weighted by Crippen LogP contribution is 2.37. The van der Waals surface area contributed by atoms with E-state index in [-0.39, 0.29) is 17.4 Å². The van der Waals surface area contributed by atoms with Crippen molar-refractivity contribution < 1.29 is 9.53 Å². The van der Waals surface area contributed by atoms with E-state index in [4.69, 9.17) is 10.5 Å². The quantitative estimate of drug-likeness (QED) is 0.760. The van der Waals surface area contributed by atoms with E-state index in [1.165, 1.54) is 5.57 Å². The average Bonchev–Trinajstić information content (AvgIpc) is 2.25. The number of rotatable bonds is 2. The lowest BCUT2D eigenvalue weighted by Crippen LogP contribution is -2.52. The Balaban J connectivity index is 2.32. The number of hydrogen-bond acceptors (Lipinski definition) is 3. The summed E-state index contributed by atoms with van der Waals surface area (Å²) in [5.74, 6) is 0.925. The highest BCUT2D eigenvalue weighted by Gasteiger charge is 2.38. The number of allylic oxidation sites excluding steroid dienone is 1. The van der Waals surface area contributed by atoms with Crippen LogP contribution in [0.5, 0.6) is 0 Å². The van der Waals surface area contributed by atoms with Crippen molar-refractivity contribution in [1.29, 1.82) is 0 Å². The van der Waals surface area contributed by atoms with Crippen molar-refractivity contribution in [2.45, 2.75) is 39.7 Å². The Bertz CT molecular complexity index is 430. The maximum absolute atomic E-state index is 11.6. The third kappa shape index (κ3) is 2.11. The fraction of sp³-hybridized carbons (Fsp3) is 0.643. The molecule has 0 spiro atoms. The van der Waals surface area contributed by atoms with Gasteiger partial charge in [0.2, 0.25) is 5.91 Å². The Morgan fingerprint density at radius 2 is 2.11 bits per heavy atom. The SMILES string of the molecule is COC1=C(N)C=C(C(C)(C)C)CC1N1CCC1=O. The topological polar surface area (TPSA) is 55.6 Å². The molecular weight excluding hydrogens is 228 g/mol. The third-order valence-corrected chi connectivity index (χ3v) is 3.78. The molecule has 2 aliphatic rings. The van der Waals surface area contributed by atoms with Crippen LogP contribution in [0.3, 0.4) is 0 Å².